The fraction of sp³-hybridized carbons (Fsp3) is 0.333. The monoisotopic (exact) mass is 174 g/mol. The Balaban J connectivity index is 2.48. The van der Waals surface area contributed by atoms with Crippen LogP contribution in [0.25, 0.3) is 0 Å². The fourth-order valence-electron chi connectivity index (χ4n) is 0.686. The maximum absolute atomic E-state index is 10.6. The molecule has 0 amide bonds. The van der Waals surface area contributed by atoms with E-state index in [2.05, 4.69) is 9.71 Å². The van der Waals surface area contributed by atoms with Gasteiger partial charge in [-0.1, -0.05) is 0 Å². The second-order valence-corrected chi connectivity index (χ2v) is 4.12. The highest BCUT2D eigenvalue weighted by atomic mass is 32.2. The summed E-state index contributed by atoms with van der Waals surface area (Å²) in [4.78, 5) is 2.88. The zero-order valence-corrected chi connectivity index (χ0v) is 6.98. The van der Waals surface area contributed by atoms with Crippen LogP contribution in [-0.2, 0) is 16.6 Å². The summed E-state index contributed by atoms with van der Waals surface area (Å²) >= 11 is 0. The molecule has 0 aliphatic heterocycles. The van der Waals surface area contributed by atoms with E-state index < -0.39 is 10.0 Å². The van der Waals surface area contributed by atoms with Gasteiger partial charge in [0, 0.05) is 11.9 Å². The molecule has 0 aliphatic carbocycles. The summed E-state index contributed by atoms with van der Waals surface area (Å²) in [6, 6.07) is 3.64. The summed E-state index contributed by atoms with van der Waals surface area (Å²) in [5.74, 6) is 0. The highest BCUT2D eigenvalue weighted by Crippen LogP contribution is 1.93. The Labute approximate surface area is 65.7 Å². The number of aromatic amines is 1. The van der Waals surface area contributed by atoms with Gasteiger partial charge in [0.1, 0.15) is 0 Å². The maximum atomic E-state index is 10.6. The predicted molar refractivity (Wildman–Crippen MR) is 42.5 cm³/mol. The third-order valence-corrected chi connectivity index (χ3v) is 1.86. The number of hydrogen-bond acceptors (Lipinski definition) is 2. The van der Waals surface area contributed by atoms with Crippen molar-refractivity contribution in [3.05, 3.63) is 24.0 Å². The van der Waals surface area contributed by atoms with E-state index >= 15 is 0 Å². The first kappa shape index (κ1) is 8.29. The molecular weight excluding hydrogens is 164 g/mol. The van der Waals surface area contributed by atoms with Crippen molar-refractivity contribution in [1.82, 2.24) is 9.71 Å². The normalized spacial score (nSPS) is 11.7. The highest BCUT2D eigenvalue weighted by Gasteiger charge is 1.99. The molecule has 4 nitrogen and oxygen atoms in total. The number of hydrogen-bond donors (Lipinski definition) is 2. The van der Waals surface area contributed by atoms with E-state index in [4.69, 9.17) is 0 Å². The molecule has 0 saturated heterocycles. The zero-order chi connectivity index (χ0) is 8.32. The van der Waals surface area contributed by atoms with E-state index in [0.717, 1.165) is 11.9 Å². The van der Waals surface area contributed by atoms with Gasteiger partial charge in [-0.15, -0.1) is 0 Å². The van der Waals surface area contributed by atoms with Crippen LogP contribution < -0.4 is 4.72 Å². The van der Waals surface area contributed by atoms with Crippen molar-refractivity contribution in [2.75, 3.05) is 6.26 Å². The summed E-state index contributed by atoms with van der Waals surface area (Å²) in [5.41, 5.74) is 0.857. The van der Waals surface area contributed by atoms with Crippen molar-refractivity contribution < 1.29 is 8.42 Å². The van der Waals surface area contributed by atoms with Gasteiger partial charge in [-0.3, -0.25) is 0 Å². The van der Waals surface area contributed by atoms with Gasteiger partial charge in [-0.2, -0.15) is 0 Å². The molecule has 1 aromatic rings. The van der Waals surface area contributed by atoms with Gasteiger partial charge in [0.2, 0.25) is 10.0 Å². The molecule has 0 radical (unpaired) electrons. The third-order valence-electron chi connectivity index (χ3n) is 1.19. The van der Waals surface area contributed by atoms with Crippen LogP contribution in [0.3, 0.4) is 0 Å². The number of H-pyrrole nitrogens is 1. The van der Waals surface area contributed by atoms with E-state index in [0.29, 0.717) is 6.54 Å². The van der Waals surface area contributed by atoms with E-state index in [-0.39, 0.29) is 0 Å². The third kappa shape index (κ3) is 3.20. The number of rotatable bonds is 3. The van der Waals surface area contributed by atoms with Gasteiger partial charge < -0.3 is 4.98 Å². The van der Waals surface area contributed by atoms with E-state index in [1.807, 2.05) is 12.1 Å². The Morgan fingerprint density at radius 1 is 1.64 bits per heavy atom. The molecular formula is C6H10N2O2S. The largest absolute Gasteiger partial charge is 0.364 e. The van der Waals surface area contributed by atoms with E-state index in [9.17, 15) is 8.42 Å². The first-order valence-corrected chi connectivity index (χ1v) is 5.04. The SMILES string of the molecule is CS(=O)(=O)NCc1ccc[nH]1. The summed E-state index contributed by atoms with van der Waals surface area (Å²) < 4.78 is 23.6. The second kappa shape index (κ2) is 3.06. The van der Waals surface area contributed by atoms with E-state index in [1.165, 1.54) is 0 Å². The van der Waals surface area contributed by atoms with Crippen LogP contribution in [0.5, 0.6) is 0 Å². The van der Waals surface area contributed by atoms with Crippen molar-refractivity contribution in [1.29, 1.82) is 0 Å². The summed E-state index contributed by atoms with van der Waals surface area (Å²) in [5, 5.41) is 0. The predicted octanol–water partition coefficient (Wildman–Crippen LogP) is 0.0639. The molecule has 11 heavy (non-hydrogen) atoms. The molecule has 1 heterocycles. The molecule has 5 heteroatoms. The van der Waals surface area contributed by atoms with Crippen molar-refractivity contribution in [2.45, 2.75) is 6.54 Å². The minimum atomic E-state index is -3.07. The summed E-state index contributed by atoms with van der Waals surface area (Å²) in [7, 11) is -3.07. The average Bonchev–Trinajstić information content (AvgIpc) is 2.32. The minimum Gasteiger partial charge on any atom is -0.364 e. The number of aromatic nitrogens is 1. The lowest BCUT2D eigenvalue weighted by Crippen LogP contribution is -2.21. The second-order valence-electron chi connectivity index (χ2n) is 2.29. The molecule has 0 aliphatic rings. The minimum absolute atomic E-state index is 0.325. The van der Waals surface area contributed by atoms with Crippen LogP contribution in [0, 0.1) is 0 Å². The van der Waals surface area contributed by atoms with Crippen LogP contribution in [0.1, 0.15) is 5.69 Å². The molecule has 0 bridgehead atoms. The molecule has 0 atom stereocenters. The molecule has 0 saturated carbocycles. The van der Waals surface area contributed by atoms with Crippen LogP contribution >= 0.6 is 0 Å². The van der Waals surface area contributed by atoms with Crippen LogP contribution in [0.15, 0.2) is 18.3 Å². The topological polar surface area (TPSA) is 62.0 Å². The van der Waals surface area contributed by atoms with E-state index in [1.54, 1.807) is 6.20 Å². The zero-order valence-electron chi connectivity index (χ0n) is 6.16. The lowest BCUT2D eigenvalue weighted by atomic mass is 10.4. The highest BCUT2D eigenvalue weighted by molar-refractivity contribution is 7.88. The van der Waals surface area contributed by atoms with Crippen LogP contribution in [0.2, 0.25) is 0 Å². The Kier molecular flexibility index (Phi) is 2.31. The molecule has 0 spiro atoms. The van der Waals surface area contributed by atoms with Crippen LogP contribution in [-0.4, -0.2) is 19.7 Å². The summed E-state index contributed by atoms with van der Waals surface area (Å²) in [6.45, 7) is 0.325. The quantitative estimate of drug-likeness (QED) is 0.681. The van der Waals surface area contributed by atoms with Gasteiger partial charge in [0.15, 0.2) is 0 Å². The molecule has 0 fully saturated rings. The fourth-order valence-corrected chi connectivity index (χ4v) is 1.10. The lowest BCUT2D eigenvalue weighted by Gasteiger charge is -1.98. The molecule has 0 aromatic carbocycles. The number of nitrogens with one attached hydrogen (secondary N) is 2. The maximum Gasteiger partial charge on any atom is 0.209 e. The van der Waals surface area contributed by atoms with Crippen molar-refractivity contribution in [3.63, 3.8) is 0 Å². The van der Waals surface area contributed by atoms with Crippen molar-refractivity contribution in [3.8, 4) is 0 Å². The molecule has 62 valence electrons. The van der Waals surface area contributed by atoms with Gasteiger partial charge in [-0.05, 0) is 12.1 Å². The van der Waals surface area contributed by atoms with Crippen molar-refractivity contribution in [2.24, 2.45) is 0 Å². The molecule has 2 N–H and O–H groups in total. The van der Waals surface area contributed by atoms with Gasteiger partial charge in [0.25, 0.3) is 0 Å². The number of sulfonamides is 1. The smallest absolute Gasteiger partial charge is 0.209 e. The van der Waals surface area contributed by atoms with Gasteiger partial charge in [0.05, 0.1) is 12.8 Å². The standard InChI is InChI=1S/C6H10N2O2S/c1-11(9,10)8-5-6-3-2-4-7-6/h2-4,7-8H,5H2,1H3. The molecule has 1 rings (SSSR count). The Hall–Kier alpha value is -0.810. The molecule has 1 aromatic heterocycles. The Morgan fingerprint density at radius 2 is 2.36 bits per heavy atom. The Bertz CT molecular complexity index is 301. The van der Waals surface area contributed by atoms with Crippen molar-refractivity contribution >= 4 is 10.0 Å². The first-order valence-electron chi connectivity index (χ1n) is 3.15. The van der Waals surface area contributed by atoms with Gasteiger partial charge in [-0.25, -0.2) is 13.1 Å². The first-order chi connectivity index (χ1) is 5.08. The lowest BCUT2D eigenvalue weighted by molar-refractivity contribution is 0.587. The molecule has 0 unspecified atom stereocenters. The van der Waals surface area contributed by atoms with Crippen LogP contribution in [0.4, 0.5) is 0 Å². The average molecular weight is 174 g/mol. The Morgan fingerprint density at radius 3 is 2.82 bits per heavy atom. The van der Waals surface area contributed by atoms with Gasteiger partial charge >= 0.3 is 0 Å². The summed E-state index contributed by atoms with van der Waals surface area (Å²) in [6.07, 6.45) is 2.88.